The first-order chi connectivity index (χ1) is 11.2. The fraction of sp³-hybridized carbons (Fsp3) is 0.294. The van der Waals surface area contributed by atoms with Gasteiger partial charge in [-0.15, -0.1) is 24.8 Å². The quantitative estimate of drug-likeness (QED) is 0.742. The van der Waals surface area contributed by atoms with Crippen molar-refractivity contribution in [2.24, 2.45) is 0 Å². The van der Waals surface area contributed by atoms with Crippen LogP contribution in [0.2, 0.25) is 0 Å². The predicted molar refractivity (Wildman–Crippen MR) is 106 cm³/mol. The summed E-state index contributed by atoms with van der Waals surface area (Å²) >= 11 is 3.40. The predicted octanol–water partition coefficient (Wildman–Crippen LogP) is 3.96. The van der Waals surface area contributed by atoms with E-state index in [2.05, 4.69) is 31.5 Å². The second-order valence-corrected chi connectivity index (χ2v) is 6.36. The maximum atomic E-state index is 12.2. The number of aromatic nitrogens is 1. The highest BCUT2D eigenvalue weighted by Crippen LogP contribution is 2.23. The van der Waals surface area contributed by atoms with E-state index in [1.165, 1.54) is 0 Å². The molecule has 2 aromatic rings. The lowest BCUT2D eigenvalue weighted by Gasteiger charge is -2.23. The number of carbonyl (C=O) groups excluding carboxylic acids is 1. The van der Waals surface area contributed by atoms with Crippen LogP contribution < -0.4 is 15.4 Å². The molecule has 0 atom stereocenters. The number of amides is 1. The van der Waals surface area contributed by atoms with Gasteiger partial charge in [0, 0.05) is 22.8 Å². The normalized spacial score (nSPS) is 14.0. The summed E-state index contributed by atoms with van der Waals surface area (Å²) in [4.78, 5) is 16.4. The van der Waals surface area contributed by atoms with E-state index in [4.69, 9.17) is 4.74 Å². The third-order valence-electron chi connectivity index (χ3n) is 3.69. The average molecular weight is 449 g/mol. The molecule has 25 heavy (non-hydrogen) atoms. The van der Waals surface area contributed by atoms with Gasteiger partial charge in [-0.1, -0.05) is 22.0 Å². The summed E-state index contributed by atoms with van der Waals surface area (Å²) in [6.07, 6.45) is 3.47. The Kier molecular flexibility index (Phi) is 9.21. The van der Waals surface area contributed by atoms with Gasteiger partial charge in [0.25, 0.3) is 5.91 Å². The molecular weight excluding hydrogens is 429 g/mol. The number of piperidine rings is 1. The lowest BCUT2D eigenvalue weighted by molar-refractivity contribution is 0.0929. The molecule has 5 nitrogen and oxygen atoms in total. The van der Waals surface area contributed by atoms with Gasteiger partial charge in [0.1, 0.15) is 5.75 Å². The molecular formula is C17H20BrCl2N3O2. The number of nitrogens with one attached hydrogen (secondary N) is 2. The molecule has 8 heteroatoms. The SMILES string of the molecule is Cl.Cl.O=C(NC1CCNCC1)c1ccc(Oc2cccc(Br)c2)nc1. The zero-order chi connectivity index (χ0) is 16.1. The summed E-state index contributed by atoms with van der Waals surface area (Å²) in [5, 5.41) is 6.32. The van der Waals surface area contributed by atoms with Crippen LogP contribution in [0.3, 0.4) is 0 Å². The molecule has 0 bridgehead atoms. The van der Waals surface area contributed by atoms with Gasteiger partial charge in [-0.2, -0.15) is 0 Å². The van der Waals surface area contributed by atoms with Gasteiger partial charge in [0.2, 0.25) is 5.88 Å². The largest absolute Gasteiger partial charge is 0.439 e. The van der Waals surface area contributed by atoms with Gasteiger partial charge in [0.15, 0.2) is 0 Å². The first-order valence-electron chi connectivity index (χ1n) is 7.62. The van der Waals surface area contributed by atoms with Crippen molar-refractivity contribution in [1.82, 2.24) is 15.6 Å². The van der Waals surface area contributed by atoms with Crippen molar-refractivity contribution in [2.75, 3.05) is 13.1 Å². The minimum atomic E-state index is -0.0848. The third kappa shape index (κ3) is 6.47. The number of pyridine rings is 1. The smallest absolute Gasteiger partial charge is 0.253 e. The summed E-state index contributed by atoms with van der Waals surface area (Å²) in [6, 6.07) is 11.2. The summed E-state index contributed by atoms with van der Waals surface area (Å²) in [5.74, 6) is 1.07. The standard InChI is InChI=1S/C17H18BrN3O2.2ClH/c18-13-2-1-3-15(10-13)23-16-5-4-12(11-20-16)17(22)21-14-6-8-19-9-7-14;;/h1-5,10-11,14,19H,6-9H2,(H,21,22);2*1H. The molecule has 0 saturated carbocycles. The van der Waals surface area contributed by atoms with E-state index in [1.807, 2.05) is 24.3 Å². The number of nitrogens with zero attached hydrogens (tertiary/aromatic N) is 1. The van der Waals surface area contributed by atoms with E-state index in [0.717, 1.165) is 30.4 Å². The topological polar surface area (TPSA) is 63.2 Å². The molecule has 1 fully saturated rings. The lowest BCUT2D eigenvalue weighted by Crippen LogP contribution is -2.42. The summed E-state index contributed by atoms with van der Waals surface area (Å²) in [7, 11) is 0. The van der Waals surface area contributed by atoms with Crippen LogP contribution in [0, 0.1) is 0 Å². The van der Waals surface area contributed by atoms with Crippen molar-refractivity contribution in [3.63, 3.8) is 0 Å². The van der Waals surface area contributed by atoms with Crippen LogP contribution in [-0.4, -0.2) is 30.0 Å². The molecule has 0 spiro atoms. The van der Waals surface area contributed by atoms with Crippen LogP contribution in [0.25, 0.3) is 0 Å². The Balaban J connectivity index is 0.00000156. The van der Waals surface area contributed by atoms with Crippen LogP contribution in [0.1, 0.15) is 23.2 Å². The Hall–Kier alpha value is -1.34. The molecule has 1 aromatic carbocycles. The minimum absolute atomic E-state index is 0. The molecule has 0 aliphatic carbocycles. The van der Waals surface area contributed by atoms with Crippen LogP contribution >= 0.6 is 40.7 Å². The highest BCUT2D eigenvalue weighted by Gasteiger charge is 2.16. The number of benzene rings is 1. The minimum Gasteiger partial charge on any atom is -0.439 e. The maximum Gasteiger partial charge on any atom is 0.253 e. The molecule has 3 rings (SSSR count). The van der Waals surface area contributed by atoms with Gasteiger partial charge >= 0.3 is 0 Å². The molecule has 0 radical (unpaired) electrons. The van der Waals surface area contributed by atoms with E-state index < -0.39 is 0 Å². The highest BCUT2D eigenvalue weighted by molar-refractivity contribution is 9.10. The summed E-state index contributed by atoms with van der Waals surface area (Å²) in [6.45, 7) is 1.89. The Morgan fingerprint density at radius 3 is 2.60 bits per heavy atom. The van der Waals surface area contributed by atoms with Crippen LogP contribution in [0.15, 0.2) is 47.1 Å². The van der Waals surface area contributed by atoms with E-state index in [-0.39, 0.29) is 36.8 Å². The highest BCUT2D eigenvalue weighted by atomic mass is 79.9. The van der Waals surface area contributed by atoms with Crippen molar-refractivity contribution < 1.29 is 9.53 Å². The molecule has 1 saturated heterocycles. The Bertz CT molecular complexity index is 680. The Morgan fingerprint density at radius 1 is 1.20 bits per heavy atom. The van der Waals surface area contributed by atoms with E-state index in [9.17, 15) is 4.79 Å². The number of hydrogen-bond acceptors (Lipinski definition) is 4. The van der Waals surface area contributed by atoms with E-state index >= 15 is 0 Å². The molecule has 1 aliphatic rings. The van der Waals surface area contributed by atoms with Crippen molar-refractivity contribution in [1.29, 1.82) is 0 Å². The first-order valence-corrected chi connectivity index (χ1v) is 8.41. The van der Waals surface area contributed by atoms with Gasteiger partial charge < -0.3 is 15.4 Å². The number of halogens is 3. The molecule has 2 N–H and O–H groups in total. The third-order valence-corrected chi connectivity index (χ3v) is 4.18. The molecule has 2 heterocycles. The number of ether oxygens (including phenoxy) is 1. The molecule has 136 valence electrons. The van der Waals surface area contributed by atoms with Crippen molar-refractivity contribution in [2.45, 2.75) is 18.9 Å². The summed E-state index contributed by atoms with van der Waals surface area (Å²) in [5.41, 5.74) is 0.546. The molecule has 0 unspecified atom stereocenters. The molecule has 1 amide bonds. The fourth-order valence-corrected chi connectivity index (χ4v) is 2.84. The number of carbonyl (C=O) groups is 1. The van der Waals surface area contributed by atoms with Crippen LogP contribution in [-0.2, 0) is 0 Å². The van der Waals surface area contributed by atoms with Gasteiger partial charge in [-0.05, 0) is 50.2 Å². The van der Waals surface area contributed by atoms with E-state index in [0.29, 0.717) is 17.2 Å². The van der Waals surface area contributed by atoms with Gasteiger partial charge in [0.05, 0.1) is 5.56 Å². The van der Waals surface area contributed by atoms with Crippen LogP contribution in [0.4, 0.5) is 0 Å². The lowest BCUT2D eigenvalue weighted by atomic mass is 10.1. The first kappa shape index (κ1) is 21.7. The van der Waals surface area contributed by atoms with Gasteiger partial charge in [-0.25, -0.2) is 4.98 Å². The maximum absolute atomic E-state index is 12.2. The summed E-state index contributed by atoms with van der Waals surface area (Å²) < 4.78 is 6.60. The van der Waals surface area contributed by atoms with Crippen LogP contribution in [0.5, 0.6) is 11.6 Å². The van der Waals surface area contributed by atoms with Crippen molar-refractivity contribution in [3.8, 4) is 11.6 Å². The Labute approximate surface area is 167 Å². The van der Waals surface area contributed by atoms with Crippen molar-refractivity contribution >= 4 is 46.7 Å². The van der Waals surface area contributed by atoms with Crippen molar-refractivity contribution in [3.05, 3.63) is 52.6 Å². The second-order valence-electron chi connectivity index (χ2n) is 5.44. The average Bonchev–Trinajstić information content (AvgIpc) is 2.56. The molecule has 1 aliphatic heterocycles. The second kappa shape index (κ2) is 10.6. The monoisotopic (exact) mass is 447 g/mol. The van der Waals surface area contributed by atoms with Gasteiger partial charge in [-0.3, -0.25) is 4.79 Å². The number of rotatable bonds is 4. The zero-order valence-corrected chi connectivity index (χ0v) is 16.6. The molecule has 1 aromatic heterocycles. The zero-order valence-electron chi connectivity index (χ0n) is 13.4. The Morgan fingerprint density at radius 2 is 1.96 bits per heavy atom. The van der Waals surface area contributed by atoms with E-state index in [1.54, 1.807) is 18.3 Å². The fourth-order valence-electron chi connectivity index (χ4n) is 2.46. The number of hydrogen-bond donors (Lipinski definition) is 2.